The molecule has 2 amide bonds. The van der Waals surface area contributed by atoms with Crippen LogP contribution >= 0.6 is 23.4 Å². The molecular weight excluding hydrogens is 478 g/mol. The largest absolute Gasteiger partial charge is 0.383 e. The van der Waals surface area contributed by atoms with Gasteiger partial charge in [-0.25, -0.2) is 14.6 Å². The molecule has 10 nitrogen and oxygen atoms in total. The quantitative estimate of drug-likeness (QED) is 0.246. The molecular formula is C22H26ClN7O3S. The number of nitrogens with one attached hydrogen (secondary N) is 2. The predicted octanol–water partition coefficient (Wildman–Crippen LogP) is 2.43. The van der Waals surface area contributed by atoms with Crippen molar-refractivity contribution in [2.24, 2.45) is 5.92 Å². The molecule has 12 heteroatoms. The van der Waals surface area contributed by atoms with Gasteiger partial charge in [-0.3, -0.25) is 9.59 Å². The number of anilines is 2. The minimum absolute atomic E-state index is 0.0738. The van der Waals surface area contributed by atoms with Gasteiger partial charge in [0.1, 0.15) is 5.82 Å². The van der Waals surface area contributed by atoms with Crippen LogP contribution in [0, 0.1) is 5.92 Å². The first-order chi connectivity index (χ1) is 16.5. The van der Waals surface area contributed by atoms with Gasteiger partial charge in [0.2, 0.25) is 11.8 Å². The minimum Gasteiger partial charge on any atom is -0.383 e. The highest BCUT2D eigenvalue weighted by molar-refractivity contribution is 7.98. The maximum atomic E-state index is 12.7. The van der Waals surface area contributed by atoms with Gasteiger partial charge in [-0.15, -0.1) is 0 Å². The van der Waals surface area contributed by atoms with Gasteiger partial charge in [0.25, 0.3) is 0 Å². The Balaban J connectivity index is 1.37. The highest BCUT2D eigenvalue weighted by atomic mass is 35.5. The van der Waals surface area contributed by atoms with Crippen molar-refractivity contribution in [3.8, 4) is 0 Å². The molecule has 1 saturated heterocycles. The van der Waals surface area contributed by atoms with Crippen LogP contribution in [-0.2, 0) is 20.9 Å². The van der Waals surface area contributed by atoms with Gasteiger partial charge >= 0.3 is 0 Å². The summed E-state index contributed by atoms with van der Waals surface area (Å²) in [5.41, 5.74) is 1.44. The van der Waals surface area contributed by atoms with Crippen LogP contribution in [0.3, 0.4) is 0 Å². The fourth-order valence-electron chi connectivity index (χ4n) is 3.78. The lowest BCUT2D eigenvalue weighted by Gasteiger charge is -2.16. The number of carbonyl (C=O) groups is 2. The first-order valence-electron chi connectivity index (χ1n) is 10.8. The highest BCUT2D eigenvalue weighted by Crippen LogP contribution is 2.26. The van der Waals surface area contributed by atoms with Gasteiger partial charge in [0.05, 0.1) is 30.7 Å². The van der Waals surface area contributed by atoms with Crippen LogP contribution in [0.4, 0.5) is 11.5 Å². The van der Waals surface area contributed by atoms with Gasteiger partial charge in [-0.05, 0) is 30.5 Å². The van der Waals surface area contributed by atoms with Crippen LogP contribution in [-0.4, -0.2) is 71.2 Å². The van der Waals surface area contributed by atoms with Crippen LogP contribution in [0.15, 0.2) is 35.6 Å². The van der Waals surface area contributed by atoms with Crippen molar-refractivity contribution in [1.29, 1.82) is 0 Å². The maximum Gasteiger partial charge on any atom is 0.227 e. The Morgan fingerprint density at radius 3 is 2.79 bits per heavy atom. The van der Waals surface area contributed by atoms with Crippen LogP contribution < -0.4 is 15.5 Å². The monoisotopic (exact) mass is 503 g/mol. The number of aromatic nitrogens is 4. The fraction of sp³-hybridized carbons (Fsp3) is 0.409. The van der Waals surface area contributed by atoms with E-state index >= 15 is 0 Å². The lowest BCUT2D eigenvalue weighted by atomic mass is 10.1. The number of methoxy groups -OCH3 is 1. The van der Waals surface area contributed by atoms with E-state index in [0.717, 1.165) is 11.1 Å². The van der Waals surface area contributed by atoms with E-state index < -0.39 is 5.92 Å². The number of benzene rings is 1. The van der Waals surface area contributed by atoms with Gasteiger partial charge in [0.15, 0.2) is 10.8 Å². The zero-order valence-corrected chi connectivity index (χ0v) is 20.5. The zero-order chi connectivity index (χ0) is 24.1. The van der Waals surface area contributed by atoms with E-state index in [-0.39, 0.29) is 18.2 Å². The molecule has 1 fully saturated rings. The summed E-state index contributed by atoms with van der Waals surface area (Å²) in [6, 6.07) is 7.03. The topological polar surface area (TPSA) is 114 Å². The maximum absolute atomic E-state index is 12.7. The first kappa shape index (κ1) is 24.2. The second-order valence-electron chi connectivity index (χ2n) is 7.76. The zero-order valence-electron chi connectivity index (χ0n) is 19.0. The summed E-state index contributed by atoms with van der Waals surface area (Å²) in [4.78, 5) is 35.9. The number of carbonyl (C=O) groups excluding carboxylic acids is 2. The average molecular weight is 504 g/mol. The smallest absolute Gasteiger partial charge is 0.227 e. The number of hydrogen-bond acceptors (Lipinski definition) is 8. The molecule has 0 bridgehead atoms. The number of ether oxygens (including phenoxy) is 1. The number of hydrogen-bond donors (Lipinski definition) is 2. The van der Waals surface area contributed by atoms with Gasteiger partial charge in [-0.1, -0.05) is 23.4 Å². The Labute approximate surface area is 206 Å². The molecule has 34 heavy (non-hydrogen) atoms. The molecule has 1 aliphatic rings. The van der Waals surface area contributed by atoms with E-state index in [2.05, 4.69) is 25.7 Å². The van der Waals surface area contributed by atoms with Crippen molar-refractivity contribution >= 4 is 57.7 Å². The van der Waals surface area contributed by atoms with E-state index in [9.17, 15) is 9.59 Å². The molecule has 0 saturated carbocycles. The lowest BCUT2D eigenvalue weighted by Crippen LogP contribution is -2.35. The molecule has 0 radical (unpaired) electrons. The number of halogens is 1. The predicted molar refractivity (Wildman–Crippen MR) is 132 cm³/mol. The van der Waals surface area contributed by atoms with Gasteiger partial charge in [0, 0.05) is 43.9 Å². The third kappa shape index (κ3) is 5.43. The Bertz CT molecular complexity index is 1170. The fourth-order valence-corrected chi connectivity index (χ4v) is 4.27. The molecule has 2 N–H and O–H groups in total. The van der Waals surface area contributed by atoms with Crippen LogP contribution in [0.1, 0.15) is 6.42 Å². The number of fused-ring (bicyclic) bond motifs is 1. The molecule has 3 aromatic rings. The standard InChI is InChI=1S/C22H26ClN7O3S/c1-33-10-8-24-19-17-12-26-30(20(17)28-22(27-19)34-2)9-7-25-21(32)14-11-18(31)29(13-14)16-5-3-15(23)4-6-16/h3-6,12,14H,7-11,13H2,1-2H3,(H,25,32)(H,24,27,28). The number of rotatable bonds is 10. The van der Waals surface area contributed by atoms with E-state index in [1.165, 1.54) is 11.8 Å². The van der Waals surface area contributed by atoms with Crippen LogP contribution in [0.2, 0.25) is 5.02 Å². The Hall–Kier alpha value is -2.89. The van der Waals surface area contributed by atoms with Crippen molar-refractivity contribution in [1.82, 2.24) is 25.1 Å². The van der Waals surface area contributed by atoms with E-state index in [1.807, 2.05) is 6.26 Å². The van der Waals surface area contributed by atoms with Crippen LogP contribution in [0.25, 0.3) is 11.0 Å². The average Bonchev–Trinajstić information content (AvgIpc) is 3.43. The Morgan fingerprint density at radius 1 is 1.26 bits per heavy atom. The molecule has 1 aliphatic heterocycles. The summed E-state index contributed by atoms with van der Waals surface area (Å²) in [5.74, 6) is 0.0750. The van der Waals surface area contributed by atoms with Crippen molar-refractivity contribution in [3.05, 3.63) is 35.5 Å². The van der Waals surface area contributed by atoms with Crippen molar-refractivity contribution in [2.75, 3.05) is 49.8 Å². The van der Waals surface area contributed by atoms with E-state index in [4.69, 9.17) is 16.3 Å². The van der Waals surface area contributed by atoms with Crippen molar-refractivity contribution in [2.45, 2.75) is 18.1 Å². The van der Waals surface area contributed by atoms with Crippen LogP contribution in [0.5, 0.6) is 0 Å². The van der Waals surface area contributed by atoms with Crippen molar-refractivity contribution in [3.63, 3.8) is 0 Å². The summed E-state index contributed by atoms with van der Waals surface area (Å²) >= 11 is 7.38. The van der Waals surface area contributed by atoms with E-state index in [0.29, 0.717) is 54.4 Å². The Morgan fingerprint density at radius 2 is 2.06 bits per heavy atom. The summed E-state index contributed by atoms with van der Waals surface area (Å²) in [6.45, 7) is 2.33. The second kappa shape index (κ2) is 11.0. The Kier molecular flexibility index (Phi) is 7.86. The second-order valence-corrected chi connectivity index (χ2v) is 8.97. The normalized spacial score (nSPS) is 15.8. The third-order valence-corrected chi connectivity index (χ3v) is 6.31. The SMILES string of the molecule is COCCNc1nc(SC)nc2c1cnn2CCNC(=O)C1CC(=O)N(c2ccc(Cl)cc2)C1. The summed E-state index contributed by atoms with van der Waals surface area (Å²) in [7, 11) is 1.65. The molecule has 3 heterocycles. The molecule has 4 rings (SSSR count). The molecule has 2 aromatic heterocycles. The molecule has 1 atom stereocenters. The van der Waals surface area contributed by atoms with Crippen molar-refractivity contribution < 1.29 is 14.3 Å². The summed E-state index contributed by atoms with van der Waals surface area (Å²) in [5, 5.41) is 12.7. The van der Waals surface area contributed by atoms with E-state index in [1.54, 1.807) is 47.2 Å². The lowest BCUT2D eigenvalue weighted by molar-refractivity contribution is -0.126. The molecule has 1 aromatic carbocycles. The van der Waals surface area contributed by atoms with Gasteiger partial charge < -0.3 is 20.3 Å². The molecule has 0 aliphatic carbocycles. The molecule has 1 unspecified atom stereocenters. The minimum atomic E-state index is -0.403. The summed E-state index contributed by atoms with van der Waals surface area (Å²) < 4.78 is 6.84. The third-order valence-electron chi connectivity index (χ3n) is 5.51. The first-order valence-corrected chi connectivity index (χ1v) is 12.4. The number of amides is 2. The number of thioether (sulfide) groups is 1. The molecule has 0 spiro atoms. The highest BCUT2D eigenvalue weighted by Gasteiger charge is 2.35. The number of nitrogens with zero attached hydrogens (tertiary/aromatic N) is 5. The molecule has 180 valence electrons. The summed E-state index contributed by atoms with van der Waals surface area (Å²) in [6.07, 6.45) is 3.81. The van der Waals surface area contributed by atoms with Gasteiger partial charge in [-0.2, -0.15) is 5.10 Å².